The predicted molar refractivity (Wildman–Crippen MR) is 109 cm³/mol. The average Bonchev–Trinajstić information content (AvgIpc) is 3.08. The van der Waals surface area contributed by atoms with Gasteiger partial charge in [-0.05, 0) is 57.1 Å². The maximum Gasteiger partial charge on any atom is 0.331 e. The Bertz CT molecular complexity index is 1100. The molecular weight excluding hydrogens is 435 g/mol. The summed E-state index contributed by atoms with van der Waals surface area (Å²) >= 11 is 12.4. The number of carboxylic acid groups (broad SMARTS) is 1. The number of halogens is 2. The normalized spacial score (nSPS) is 19.5. The smallest absolute Gasteiger partial charge is 0.331 e. The van der Waals surface area contributed by atoms with Crippen molar-refractivity contribution in [3.05, 3.63) is 51.2 Å². The van der Waals surface area contributed by atoms with Crippen LogP contribution in [-0.2, 0) is 27.5 Å². The molecule has 0 spiro atoms. The summed E-state index contributed by atoms with van der Waals surface area (Å²) in [6, 6.07) is 4.55. The second-order valence-electron chi connectivity index (χ2n) is 7.40. The fourth-order valence-corrected chi connectivity index (χ4v) is 6.77. The van der Waals surface area contributed by atoms with Crippen molar-refractivity contribution >= 4 is 39.0 Å². The maximum atomic E-state index is 13.5. The van der Waals surface area contributed by atoms with Crippen LogP contribution in [0.5, 0.6) is 0 Å². The number of rotatable bonds is 4. The van der Waals surface area contributed by atoms with Gasteiger partial charge >= 0.3 is 5.97 Å². The van der Waals surface area contributed by atoms with Crippen LogP contribution in [0.15, 0.2) is 39.8 Å². The van der Waals surface area contributed by atoms with E-state index in [9.17, 15) is 18.3 Å². The molecule has 0 amide bonds. The summed E-state index contributed by atoms with van der Waals surface area (Å²) in [5.41, 5.74) is 2.06. The molecule has 0 radical (unpaired) electrons. The molecule has 2 aliphatic carbocycles. The van der Waals surface area contributed by atoms with Crippen molar-refractivity contribution in [2.75, 3.05) is 0 Å². The van der Waals surface area contributed by atoms with Gasteiger partial charge in [0.25, 0.3) is 0 Å². The van der Waals surface area contributed by atoms with Gasteiger partial charge in [-0.25, -0.2) is 13.2 Å². The van der Waals surface area contributed by atoms with E-state index in [0.717, 1.165) is 30.5 Å². The highest BCUT2D eigenvalue weighted by Crippen LogP contribution is 2.39. The molecule has 1 N–H and O–H groups in total. The molecule has 0 fully saturated rings. The monoisotopic (exact) mass is 454 g/mol. The van der Waals surface area contributed by atoms with Crippen LogP contribution in [0.2, 0.25) is 10.0 Å². The quantitative estimate of drug-likeness (QED) is 0.726. The zero-order valence-electron chi connectivity index (χ0n) is 15.6. The highest BCUT2D eigenvalue weighted by atomic mass is 35.5. The number of carboxylic acids is 1. The molecule has 4 rings (SSSR count). The van der Waals surface area contributed by atoms with Crippen LogP contribution in [0.25, 0.3) is 0 Å². The molecule has 1 heterocycles. The number of benzene rings is 1. The molecule has 2 aromatic rings. The number of hydrogen-bond acceptors (Lipinski definition) is 4. The predicted octanol–water partition coefficient (Wildman–Crippen LogP) is 4.64. The van der Waals surface area contributed by atoms with Gasteiger partial charge in [-0.2, -0.15) is 5.10 Å². The Morgan fingerprint density at radius 2 is 1.83 bits per heavy atom. The number of nitrogens with zero attached hydrogens (tertiary/aromatic N) is 2. The molecular formula is C20H20Cl2N2O4S. The largest absolute Gasteiger partial charge is 0.478 e. The number of aromatic nitrogens is 2. The van der Waals surface area contributed by atoms with Gasteiger partial charge in [0.05, 0.1) is 16.1 Å². The van der Waals surface area contributed by atoms with Crippen LogP contribution in [0.3, 0.4) is 0 Å². The lowest BCUT2D eigenvalue weighted by atomic mass is 9.93. The van der Waals surface area contributed by atoms with E-state index in [0.29, 0.717) is 31.3 Å². The molecule has 0 aliphatic heterocycles. The van der Waals surface area contributed by atoms with Gasteiger partial charge in [0.1, 0.15) is 4.90 Å². The van der Waals surface area contributed by atoms with Crippen LogP contribution in [0.1, 0.15) is 49.4 Å². The lowest BCUT2D eigenvalue weighted by Crippen LogP contribution is -2.19. The molecule has 2 aliphatic rings. The highest BCUT2D eigenvalue weighted by molar-refractivity contribution is 7.91. The number of hydrogen-bond donors (Lipinski definition) is 1. The first-order valence-electron chi connectivity index (χ1n) is 9.52. The van der Waals surface area contributed by atoms with Gasteiger partial charge in [0, 0.05) is 16.8 Å². The minimum Gasteiger partial charge on any atom is -0.478 e. The topological polar surface area (TPSA) is 89.3 Å². The van der Waals surface area contributed by atoms with Crippen molar-refractivity contribution < 1.29 is 18.3 Å². The Morgan fingerprint density at radius 3 is 2.45 bits per heavy atom. The third-order valence-electron chi connectivity index (χ3n) is 5.62. The van der Waals surface area contributed by atoms with Gasteiger partial charge in [-0.3, -0.25) is 4.68 Å². The lowest BCUT2D eigenvalue weighted by Gasteiger charge is -2.24. The minimum absolute atomic E-state index is 0.0233. The van der Waals surface area contributed by atoms with Crippen molar-refractivity contribution in [3.8, 4) is 0 Å². The van der Waals surface area contributed by atoms with Gasteiger partial charge < -0.3 is 5.11 Å². The Kier molecular flexibility index (Phi) is 5.48. The molecule has 154 valence electrons. The van der Waals surface area contributed by atoms with E-state index in [4.69, 9.17) is 23.2 Å². The van der Waals surface area contributed by atoms with Crippen LogP contribution in [0, 0.1) is 0 Å². The molecule has 1 unspecified atom stereocenters. The SMILES string of the molecule is O=C(O)C1=CCC(n2nc(S(=O)(=O)c3c(Cl)cccc3Cl)c3c2CCCC3)CC1. The summed E-state index contributed by atoms with van der Waals surface area (Å²) in [6.45, 7) is 0. The Hall–Kier alpha value is -1.83. The molecule has 1 aromatic carbocycles. The summed E-state index contributed by atoms with van der Waals surface area (Å²) in [5.74, 6) is -0.900. The van der Waals surface area contributed by atoms with Crippen molar-refractivity contribution in [3.63, 3.8) is 0 Å². The molecule has 6 nitrogen and oxygen atoms in total. The molecule has 1 atom stereocenters. The molecule has 1 aromatic heterocycles. The second-order valence-corrected chi connectivity index (χ2v) is 10.0. The fourth-order valence-electron chi connectivity index (χ4n) is 4.18. The van der Waals surface area contributed by atoms with Crippen molar-refractivity contribution in [1.29, 1.82) is 0 Å². The van der Waals surface area contributed by atoms with Gasteiger partial charge in [-0.1, -0.05) is 35.3 Å². The van der Waals surface area contributed by atoms with Crippen molar-refractivity contribution in [1.82, 2.24) is 9.78 Å². The number of aliphatic carboxylic acids is 1. The zero-order valence-corrected chi connectivity index (χ0v) is 17.9. The van der Waals surface area contributed by atoms with Crippen LogP contribution < -0.4 is 0 Å². The molecule has 29 heavy (non-hydrogen) atoms. The van der Waals surface area contributed by atoms with Gasteiger partial charge in [0.2, 0.25) is 9.84 Å². The average molecular weight is 455 g/mol. The van der Waals surface area contributed by atoms with E-state index in [1.54, 1.807) is 16.8 Å². The summed E-state index contributed by atoms with van der Waals surface area (Å²) in [4.78, 5) is 11.1. The van der Waals surface area contributed by atoms with E-state index < -0.39 is 15.8 Å². The molecule has 0 saturated heterocycles. The van der Waals surface area contributed by atoms with E-state index in [2.05, 4.69) is 5.10 Å². The first-order valence-corrected chi connectivity index (χ1v) is 11.8. The third-order valence-corrected chi connectivity index (χ3v) is 8.29. The standard InChI is InChI=1S/C20H20Cl2N2O4S/c21-15-5-3-6-16(22)18(15)29(27,28)19-14-4-1-2-7-17(14)24(23-19)13-10-8-12(9-11-13)20(25)26/h3,5-6,8,13H,1-2,4,7,9-11H2,(H,25,26). The number of carbonyl (C=O) groups is 1. The van der Waals surface area contributed by atoms with Crippen LogP contribution >= 0.6 is 23.2 Å². The van der Waals surface area contributed by atoms with Gasteiger partial charge in [-0.15, -0.1) is 0 Å². The Morgan fingerprint density at radius 1 is 1.14 bits per heavy atom. The summed E-state index contributed by atoms with van der Waals surface area (Å²) < 4.78 is 28.7. The lowest BCUT2D eigenvalue weighted by molar-refractivity contribution is -0.132. The highest BCUT2D eigenvalue weighted by Gasteiger charge is 2.35. The maximum absolute atomic E-state index is 13.5. The van der Waals surface area contributed by atoms with Crippen LogP contribution in [0.4, 0.5) is 0 Å². The second kappa shape index (κ2) is 7.78. The fraction of sp³-hybridized carbons (Fsp3) is 0.400. The minimum atomic E-state index is -3.99. The molecule has 0 bridgehead atoms. The Balaban J connectivity index is 1.81. The van der Waals surface area contributed by atoms with Crippen molar-refractivity contribution in [2.24, 2.45) is 0 Å². The molecule has 0 saturated carbocycles. The van der Waals surface area contributed by atoms with E-state index in [1.165, 1.54) is 12.1 Å². The van der Waals surface area contributed by atoms with Crippen LogP contribution in [-0.4, -0.2) is 29.3 Å². The number of allylic oxidation sites excluding steroid dienone is 1. The Labute approximate surface area is 179 Å². The van der Waals surface area contributed by atoms with Gasteiger partial charge in [0.15, 0.2) is 5.03 Å². The third kappa shape index (κ3) is 3.60. The van der Waals surface area contributed by atoms with Crippen molar-refractivity contribution in [2.45, 2.75) is 60.9 Å². The first-order chi connectivity index (χ1) is 13.8. The molecule has 9 heteroatoms. The van der Waals surface area contributed by atoms with E-state index in [-0.39, 0.29) is 26.0 Å². The van der Waals surface area contributed by atoms with E-state index in [1.807, 2.05) is 0 Å². The summed E-state index contributed by atoms with van der Waals surface area (Å²) in [6.07, 6.45) is 6.52. The zero-order chi connectivity index (χ0) is 20.8. The van der Waals surface area contributed by atoms with E-state index >= 15 is 0 Å². The summed E-state index contributed by atoms with van der Waals surface area (Å²) in [5, 5.41) is 13.9. The first kappa shape index (κ1) is 20.4. The number of fused-ring (bicyclic) bond motifs is 1. The summed E-state index contributed by atoms with van der Waals surface area (Å²) in [7, 11) is -3.99. The number of sulfone groups is 1.